The van der Waals surface area contributed by atoms with E-state index in [0.717, 1.165) is 24.9 Å². The molecule has 1 aromatic carbocycles. The molecule has 3 fully saturated rings. The zero-order valence-electron chi connectivity index (χ0n) is 12.9. The number of nitrogens with zero attached hydrogens (tertiary/aromatic N) is 2. The summed E-state index contributed by atoms with van der Waals surface area (Å²) in [6, 6.07) is 6.37. The van der Waals surface area contributed by atoms with Crippen molar-refractivity contribution in [3.8, 4) is 0 Å². The van der Waals surface area contributed by atoms with Crippen LogP contribution in [0, 0.1) is 5.82 Å². The van der Waals surface area contributed by atoms with E-state index in [1.54, 1.807) is 16.4 Å². The molecule has 7 heteroatoms. The van der Waals surface area contributed by atoms with Crippen LogP contribution in [0.1, 0.15) is 19.3 Å². The van der Waals surface area contributed by atoms with E-state index in [1.807, 2.05) is 0 Å². The molecule has 0 bridgehead atoms. The second-order valence-electron chi connectivity index (χ2n) is 6.52. The fraction of sp³-hybridized carbons (Fsp3) is 0.625. The first kappa shape index (κ1) is 15.4. The smallest absolute Gasteiger partial charge is 0.221 e. The molecule has 5 nitrogen and oxygen atoms in total. The number of rotatable bonds is 2. The van der Waals surface area contributed by atoms with Gasteiger partial charge in [-0.15, -0.1) is 0 Å². The molecule has 0 saturated carbocycles. The summed E-state index contributed by atoms with van der Waals surface area (Å²) in [5, 5.41) is -0.425. The largest absolute Gasteiger partial charge is 0.377 e. The van der Waals surface area contributed by atoms with Gasteiger partial charge in [0.05, 0.1) is 12.1 Å². The summed E-state index contributed by atoms with van der Waals surface area (Å²) in [4.78, 5) is 2.14. The highest BCUT2D eigenvalue weighted by molar-refractivity contribution is 7.91. The minimum atomic E-state index is -3.21. The van der Waals surface area contributed by atoms with E-state index in [-0.39, 0.29) is 18.0 Å². The minimum absolute atomic E-state index is 0.0260. The van der Waals surface area contributed by atoms with Crippen LogP contribution in [0.25, 0.3) is 0 Å². The van der Waals surface area contributed by atoms with Gasteiger partial charge >= 0.3 is 0 Å². The van der Waals surface area contributed by atoms with Gasteiger partial charge in [-0.3, -0.25) is 0 Å². The third-order valence-corrected chi connectivity index (χ3v) is 7.60. The number of anilines is 1. The minimum Gasteiger partial charge on any atom is -0.377 e. The number of benzene rings is 1. The Morgan fingerprint density at radius 1 is 1.13 bits per heavy atom. The van der Waals surface area contributed by atoms with Gasteiger partial charge in [0.2, 0.25) is 10.0 Å². The Labute approximate surface area is 136 Å². The van der Waals surface area contributed by atoms with E-state index in [0.29, 0.717) is 26.2 Å². The van der Waals surface area contributed by atoms with Crippen molar-refractivity contribution < 1.29 is 17.5 Å². The monoisotopic (exact) mass is 340 g/mol. The Hall–Kier alpha value is -1.18. The first-order valence-electron chi connectivity index (χ1n) is 8.20. The molecule has 23 heavy (non-hydrogen) atoms. The van der Waals surface area contributed by atoms with Gasteiger partial charge in [-0.05, 0) is 43.5 Å². The van der Waals surface area contributed by atoms with Crippen LogP contribution in [-0.4, -0.2) is 56.4 Å². The molecule has 4 rings (SSSR count). The summed E-state index contributed by atoms with van der Waals surface area (Å²) in [5.41, 5.74) is 0.943. The Bertz CT molecular complexity index is 673. The Morgan fingerprint density at radius 3 is 2.61 bits per heavy atom. The first-order valence-corrected chi connectivity index (χ1v) is 9.70. The molecular weight excluding hydrogens is 319 g/mol. The SMILES string of the molecule is O=S1(=O)C(C2CCCCO2)C2CN(c3ccc(F)cc3)CCN21. The predicted molar refractivity (Wildman–Crippen MR) is 85.4 cm³/mol. The lowest BCUT2D eigenvalue weighted by Crippen LogP contribution is -2.74. The molecule has 0 aliphatic carbocycles. The van der Waals surface area contributed by atoms with Gasteiger partial charge in [-0.25, -0.2) is 12.8 Å². The highest BCUT2D eigenvalue weighted by atomic mass is 32.2. The van der Waals surface area contributed by atoms with Crippen molar-refractivity contribution in [3.05, 3.63) is 30.1 Å². The van der Waals surface area contributed by atoms with E-state index >= 15 is 0 Å². The number of hydrogen-bond donors (Lipinski definition) is 0. The van der Waals surface area contributed by atoms with Crippen molar-refractivity contribution in [1.29, 1.82) is 0 Å². The molecule has 126 valence electrons. The van der Waals surface area contributed by atoms with Gasteiger partial charge in [-0.1, -0.05) is 0 Å². The van der Waals surface area contributed by atoms with E-state index in [2.05, 4.69) is 4.90 Å². The molecule has 3 saturated heterocycles. The van der Waals surface area contributed by atoms with Crippen molar-refractivity contribution in [2.45, 2.75) is 36.7 Å². The van der Waals surface area contributed by atoms with Crippen LogP contribution in [0.4, 0.5) is 10.1 Å². The molecule has 0 N–H and O–H groups in total. The van der Waals surface area contributed by atoms with Crippen molar-refractivity contribution >= 4 is 15.7 Å². The summed E-state index contributed by atoms with van der Waals surface area (Å²) >= 11 is 0. The normalized spacial score (nSPS) is 33.8. The van der Waals surface area contributed by atoms with E-state index in [4.69, 9.17) is 4.74 Å². The molecule has 0 spiro atoms. The van der Waals surface area contributed by atoms with Crippen LogP contribution in [-0.2, 0) is 14.8 Å². The van der Waals surface area contributed by atoms with Gasteiger partial charge in [-0.2, -0.15) is 4.31 Å². The van der Waals surface area contributed by atoms with E-state index in [1.165, 1.54) is 12.1 Å². The quantitative estimate of drug-likeness (QED) is 0.821. The highest BCUT2D eigenvalue weighted by Crippen LogP contribution is 2.39. The summed E-state index contributed by atoms with van der Waals surface area (Å²) in [7, 11) is -3.21. The van der Waals surface area contributed by atoms with Gasteiger partial charge in [0, 0.05) is 31.9 Å². The maximum absolute atomic E-state index is 13.1. The molecule has 0 radical (unpaired) electrons. The summed E-state index contributed by atoms with van der Waals surface area (Å²) in [6.45, 7) is 2.44. The van der Waals surface area contributed by atoms with Crippen molar-refractivity contribution in [2.24, 2.45) is 0 Å². The second kappa shape index (κ2) is 5.72. The van der Waals surface area contributed by atoms with Crippen LogP contribution in [0.2, 0.25) is 0 Å². The summed E-state index contributed by atoms with van der Waals surface area (Å²) in [5.74, 6) is -0.257. The zero-order chi connectivity index (χ0) is 16.0. The molecule has 3 unspecified atom stereocenters. The first-order chi connectivity index (χ1) is 11.1. The van der Waals surface area contributed by atoms with Crippen LogP contribution in [0.3, 0.4) is 0 Å². The van der Waals surface area contributed by atoms with Crippen molar-refractivity contribution in [2.75, 3.05) is 31.1 Å². The average molecular weight is 340 g/mol. The number of hydrogen-bond acceptors (Lipinski definition) is 4. The molecule has 1 aromatic rings. The van der Waals surface area contributed by atoms with E-state index < -0.39 is 15.3 Å². The Balaban J connectivity index is 1.53. The van der Waals surface area contributed by atoms with Crippen LogP contribution < -0.4 is 4.90 Å². The topological polar surface area (TPSA) is 49.9 Å². The fourth-order valence-electron chi connectivity index (χ4n) is 4.02. The Morgan fingerprint density at radius 2 is 1.91 bits per heavy atom. The lowest BCUT2D eigenvalue weighted by atomic mass is 9.98. The third kappa shape index (κ3) is 2.55. The Kier molecular flexibility index (Phi) is 3.82. The van der Waals surface area contributed by atoms with Gasteiger partial charge in [0.25, 0.3) is 0 Å². The maximum atomic E-state index is 13.1. The number of piperazine rings is 1. The van der Waals surface area contributed by atoms with Crippen molar-refractivity contribution in [3.63, 3.8) is 0 Å². The number of ether oxygens (including phenoxy) is 1. The average Bonchev–Trinajstić information content (AvgIpc) is 2.56. The van der Waals surface area contributed by atoms with Gasteiger partial charge < -0.3 is 9.64 Å². The van der Waals surface area contributed by atoms with Crippen molar-refractivity contribution in [1.82, 2.24) is 4.31 Å². The van der Waals surface area contributed by atoms with Crippen LogP contribution >= 0.6 is 0 Å². The molecule has 3 aliphatic rings. The van der Waals surface area contributed by atoms with Crippen LogP contribution in [0.5, 0.6) is 0 Å². The number of sulfonamides is 1. The van der Waals surface area contributed by atoms with Gasteiger partial charge in [0.1, 0.15) is 11.1 Å². The molecular formula is C16H21FN2O3S. The summed E-state index contributed by atoms with van der Waals surface area (Å²) < 4.78 is 45.6. The zero-order valence-corrected chi connectivity index (χ0v) is 13.7. The predicted octanol–water partition coefficient (Wildman–Crippen LogP) is 1.60. The van der Waals surface area contributed by atoms with E-state index in [9.17, 15) is 12.8 Å². The molecule has 3 atom stereocenters. The molecule has 0 amide bonds. The third-order valence-electron chi connectivity index (χ3n) is 5.19. The molecule has 3 heterocycles. The number of halogens is 1. The molecule has 0 aromatic heterocycles. The fourth-order valence-corrected chi connectivity index (χ4v) is 6.28. The lowest BCUT2D eigenvalue weighted by Gasteiger charge is -2.54. The van der Waals surface area contributed by atoms with Gasteiger partial charge in [0.15, 0.2) is 0 Å². The standard InChI is InChI=1S/C16H21FN2O3S/c17-12-4-6-13(7-5-12)18-8-9-19-14(11-18)16(23(19,20)21)15-3-1-2-10-22-15/h4-7,14-16H,1-3,8-11H2. The van der Waals surface area contributed by atoms with Crippen LogP contribution in [0.15, 0.2) is 24.3 Å². The number of fused-ring (bicyclic) bond motifs is 1. The molecule has 3 aliphatic heterocycles. The highest BCUT2D eigenvalue weighted by Gasteiger charge is 2.59. The second-order valence-corrected chi connectivity index (χ2v) is 8.56. The lowest BCUT2D eigenvalue weighted by molar-refractivity contribution is -0.00935. The maximum Gasteiger partial charge on any atom is 0.221 e. The summed E-state index contributed by atoms with van der Waals surface area (Å²) in [6.07, 6.45) is 2.69.